The van der Waals surface area contributed by atoms with E-state index in [9.17, 15) is 4.79 Å². The van der Waals surface area contributed by atoms with E-state index >= 15 is 0 Å². The average Bonchev–Trinajstić information content (AvgIpc) is 2.39. The minimum Gasteiger partial charge on any atom is -0.479 e. The van der Waals surface area contributed by atoms with Gasteiger partial charge in [-0.2, -0.15) is 0 Å². The molecule has 0 fully saturated rings. The Kier molecular flexibility index (Phi) is 2.45. The first-order valence-electron chi connectivity index (χ1n) is 5.35. The highest BCUT2D eigenvalue weighted by Crippen LogP contribution is 2.22. The van der Waals surface area contributed by atoms with E-state index in [-0.39, 0.29) is 5.43 Å². The van der Waals surface area contributed by atoms with Crippen molar-refractivity contribution in [2.75, 3.05) is 7.11 Å². The summed E-state index contributed by atoms with van der Waals surface area (Å²) < 4.78 is 5.15. The maximum absolute atomic E-state index is 12.3. The fourth-order valence-electron chi connectivity index (χ4n) is 2.00. The predicted molar refractivity (Wildman–Crippen MR) is 71.4 cm³/mol. The van der Waals surface area contributed by atoms with Crippen LogP contribution in [0, 0.1) is 0 Å². The summed E-state index contributed by atoms with van der Waals surface area (Å²) in [6, 6.07) is 6.82. The van der Waals surface area contributed by atoms with Gasteiger partial charge in [0.2, 0.25) is 5.88 Å². The third-order valence-corrected chi connectivity index (χ3v) is 3.08. The number of pyridine rings is 2. The summed E-state index contributed by atoms with van der Waals surface area (Å²) in [7, 11) is 1.52. The van der Waals surface area contributed by atoms with Crippen molar-refractivity contribution in [2.24, 2.45) is 0 Å². The lowest BCUT2D eigenvalue weighted by molar-refractivity contribution is 0.402. The Labute approximate surface area is 107 Å². The third-order valence-electron chi connectivity index (χ3n) is 2.84. The molecule has 4 nitrogen and oxygen atoms in total. The van der Waals surface area contributed by atoms with Gasteiger partial charge in [0.1, 0.15) is 5.52 Å². The van der Waals surface area contributed by atoms with Crippen LogP contribution < -0.4 is 10.2 Å². The zero-order chi connectivity index (χ0) is 12.7. The standard InChI is InChI=1S/C13H9ClN2O2/c1-18-13-11-8(4-5-15-13)12(17)9-6-7(14)2-3-10(9)16-11/h2-6H,1H3,(H,16,17). The highest BCUT2D eigenvalue weighted by molar-refractivity contribution is 6.31. The molecule has 0 unspecified atom stereocenters. The predicted octanol–water partition coefficient (Wildman–Crippen LogP) is 2.74. The monoisotopic (exact) mass is 260 g/mol. The summed E-state index contributed by atoms with van der Waals surface area (Å²) in [5.74, 6) is 0.404. The molecule has 0 bridgehead atoms. The van der Waals surface area contributed by atoms with Gasteiger partial charge in [0.05, 0.1) is 12.5 Å². The molecule has 5 heteroatoms. The molecule has 0 radical (unpaired) electrons. The minimum absolute atomic E-state index is 0.0815. The lowest BCUT2D eigenvalue weighted by Gasteiger charge is -2.06. The average molecular weight is 261 g/mol. The van der Waals surface area contributed by atoms with Crippen LogP contribution in [0.5, 0.6) is 5.88 Å². The van der Waals surface area contributed by atoms with Gasteiger partial charge in [0.15, 0.2) is 5.43 Å². The normalized spacial score (nSPS) is 11.0. The van der Waals surface area contributed by atoms with E-state index < -0.39 is 0 Å². The molecule has 0 aliphatic carbocycles. The van der Waals surface area contributed by atoms with Crippen LogP contribution in [0.25, 0.3) is 21.8 Å². The number of nitrogens with zero attached hydrogens (tertiary/aromatic N) is 1. The first-order chi connectivity index (χ1) is 8.70. The number of benzene rings is 1. The molecule has 90 valence electrons. The summed E-state index contributed by atoms with van der Waals surface area (Å²) in [4.78, 5) is 19.6. The molecule has 3 aromatic rings. The lowest BCUT2D eigenvalue weighted by Crippen LogP contribution is -2.05. The van der Waals surface area contributed by atoms with Crippen LogP contribution in [0.1, 0.15) is 0 Å². The van der Waals surface area contributed by atoms with E-state index in [4.69, 9.17) is 16.3 Å². The Morgan fingerprint density at radius 3 is 2.89 bits per heavy atom. The van der Waals surface area contributed by atoms with E-state index in [1.165, 1.54) is 7.11 Å². The Morgan fingerprint density at radius 1 is 1.28 bits per heavy atom. The molecule has 0 amide bonds. The molecule has 3 rings (SSSR count). The number of fused-ring (bicyclic) bond motifs is 2. The molecule has 1 N–H and O–H groups in total. The number of methoxy groups -OCH3 is 1. The number of H-pyrrole nitrogens is 1. The van der Waals surface area contributed by atoms with Crippen molar-refractivity contribution >= 4 is 33.4 Å². The second kappa shape index (κ2) is 3.99. The van der Waals surface area contributed by atoms with Gasteiger partial charge in [-0.3, -0.25) is 4.79 Å². The highest BCUT2D eigenvalue weighted by Gasteiger charge is 2.09. The summed E-state index contributed by atoms with van der Waals surface area (Å²) in [6.45, 7) is 0. The van der Waals surface area contributed by atoms with Crippen molar-refractivity contribution < 1.29 is 4.74 Å². The minimum atomic E-state index is -0.0815. The number of ether oxygens (including phenoxy) is 1. The topological polar surface area (TPSA) is 55.0 Å². The Bertz CT molecular complexity index is 811. The number of nitrogens with one attached hydrogen (secondary N) is 1. The molecular formula is C13H9ClN2O2. The van der Waals surface area contributed by atoms with Crippen LogP contribution in [0.15, 0.2) is 35.3 Å². The van der Waals surface area contributed by atoms with Gasteiger partial charge >= 0.3 is 0 Å². The Morgan fingerprint density at radius 2 is 2.11 bits per heavy atom. The fraction of sp³-hybridized carbons (Fsp3) is 0.0769. The van der Waals surface area contributed by atoms with Crippen LogP contribution in [0.3, 0.4) is 0 Å². The van der Waals surface area contributed by atoms with E-state index in [1.807, 2.05) is 0 Å². The number of hydrogen-bond acceptors (Lipinski definition) is 3. The van der Waals surface area contributed by atoms with Gasteiger partial charge in [-0.25, -0.2) is 4.98 Å². The van der Waals surface area contributed by atoms with Gasteiger partial charge in [0, 0.05) is 22.1 Å². The van der Waals surface area contributed by atoms with E-state index in [2.05, 4.69) is 9.97 Å². The highest BCUT2D eigenvalue weighted by atomic mass is 35.5. The van der Waals surface area contributed by atoms with E-state index in [0.29, 0.717) is 32.7 Å². The Hall–Kier alpha value is -2.07. The first-order valence-corrected chi connectivity index (χ1v) is 5.73. The van der Waals surface area contributed by atoms with Crippen molar-refractivity contribution in [3.8, 4) is 5.88 Å². The van der Waals surface area contributed by atoms with Crippen molar-refractivity contribution in [2.45, 2.75) is 0 Å². The summed E-state index contributed by atoms with van der Waals surface area (Å²) >= 11 is 5.91. The number of rotatable bonds is 1. The summed E-state index contributed by atoms with van der Waals surface area (Å²) in [6.07, 6.45) is 1.55. The molecule has 1 aromatic carbocycles. The molecule has 0 aliphatic heterocycles. The van der Waals surface area contributed by atoms with E-state index in [1.54, 1.807) is 30.5 Å². The van der Waals surface area contributed by atoms with Crippen LogP contribution in [0.2, 0.25) is 5.02 Å². The molecule has 0 saturated heterocycles. The van der Waals surface area contributed by atoms with Gasteiger partial charge in [-0.15, -0.1) is 0 Å². The maximum atomic E-state index is 12.3. The van der Waals surface area contributed by atoms with Crippen LogP contribution in [-0.2, 0) is 0 Å². The van der Waals surface area contributed by atoms with Crippen molar-refractivity contribution in [1.29, 1.82) is 0 Å². The molecule has 2 aromatic heterocycles. The SMILES string of the molecule is COc1nccc2c(=O)c3cc(Cl)ccc3[nH]c12. The van der Waals surface area contributed by atoms with Crippen molar-refractivity contribution in [1.82, 2.24) is 9.97 Å². The second-order valence-electron chi connectivity index (χ2n) is 3.89. The largest absolute Gasteiger partial charge is 0.479 e. The van der Waals surface area contributed by atoms with Gasteiger partial charge in [-0.1, -0.05) is 11.6 Å². The number of halogens is 1. The van der Waals surface area contributed by atoms with Gasteiger partial charge in [-0.05, 0) is 24.3 Å². The molecular weight excluding hydrogens is 252 g/mol. The number of aromatic nitrogens is 2. The molecule has 0 atom stereocenters. The summed E-state index contributed by atoms with van der Waals surface area (Å²) in [5.41, 5.74) is 1.23. The number of hydrogen-bond donors (Lipinski definition) is 1. The maximum Gasteiger partial charge on any atom is 0.238 e. The van der Waals surface area contributed by atoms with Crippen LogP contribution in [0.4, 0.5) is 0 Å². The number of aromatic amines is 1. The zero-order valence-corrected chi connectivity index (χ0v) is 10.3. The molecule has 18 heavy (non-hydrogen) atoms. The quantitative estimate of drug-likeness (QED) is 0.685. The molecule has 2 heterocycles. The first kappa shape index (κ1) is 11.0. The lowest BCUT2D eigenvalue weighted by atomic mass is 10.1. The van der Waals surface area contributed by atoms with Gasteiger partial charge < -0.3 is 9.72 Å². The summed E-state index contributed by atoms with van der Waals surface area (Å²) in [5, 5.41) is 1.63. The van der Waals surface area contributed by atoms with Crippen LogP contribution in [-0.4, -0.2) is 17.1 Å². The molecule has 0 spiro atoms. The van der Waals surface area contributed by atoms with Crippen molar-refractivity contribution in [3.05, 3.63) is 45.7 Å². The third kappa shape index (κ3) is 1.54. The van der Waals surface area contributed by atoms with E-state index in [0.717, 1.165) is 0 Å². The Balaban J connectivity index is 2.56. The molecule has 0 saturated carbocycles. The van der Waals surface area contributed by atoms with Gasteiger partial charge in [0.25, 0.3) is 0 Å². The smallest absolute Gasteiger partial charge is 0.238 e. The molecule has 0 aliphatic rings. The zero-order valence-electron chi connectivity index (χ0n) is 9.53. The van der Waals surface area contributed by atoms with Crippen molar-refractivity contribution in [3.63, 3.8) is 0 Å². The fourth-order valence-corrected chi connectivity index (χ4v) is 2.17. The van der Waals surface area contributed by atoms with Crippen LogP contribution >= 0.6 is 11.6 Å². The second-order valence-corrected chi connectivity index (χ2v) is 4.32.